The Balaban J connectivity index is 1.23. The number of rotatable bonds is 2. The number of benzene rings is 2. The summed E-state index contributed by atoms with van der Waals surface area (Å²) in [6.45, 7) is 2.78. The van der Waals surface area contributed by atoms with Crippen molar-refractivity contribution in [1.82, 2.24) is 10.2 Å². The van der Waals surface area contributed by atoms with Gasteiger partial charge >= 0.3 is 6.03 Å². The zero-order chi connectivity index (χ0) is 19.8. The van der Waals surface area contributed by atoms with Crippen LogP contribution in [-0.2, 0) is 17.8 Å². The number of amides is 3. The molecule has 3 heterocycles. The van der Waals surface area contributed by atoms with Gasteiger partial charge in [0.1, 0.15) is 13.2 Å². The highest BCUT2D eigenvalue weighted by atomic mass is 16.6. The first-order valence-electron chi connectivity index (χ1n) is 9.99. The monoisotopic (exact) mass is 393 g/mol. The van der Waals surface area contributed by atoms with Crippen LogP contribution in [-0.4, -0.2) is 49.2 Å². The highest BCUT2D eigenvalue weighted by Gasteiger charge is 2.33. The van der Waals surface area contributed by atoms with Crippen LogP contribution in [0.25, 0.3) is 0 Å². The molecule has 3 amide bonds. The molecule has 1 atom stereocenters. The van der Waals surface area contributed by atoms with Crippen molar-refractivity contribution < 1.29 is 19.1 Å². The summed E-state index contributed by atoms with van der Waals surface area (Å²) in [6.07, 6.45) is 1.15. The number of hydrogen-bond acceptors (Lipinski definition) is 4. The van der Waals surface area contributed by atoms with Gasteiger partial charge in [-0.2, -0.15) is 0 Å². The number of ether oxygens (including phenoxy) is 2. The Morgan fingerprint density at radius 2 is 1.83 bits per heavy atom. The number of carbonyl (C=O) groups is 2. The number of carbonyl (C=O) groups excluding carboxylic acids is 2. The van der Waals surface area contributed by atoms with Crippen molar-refractivity contribution in [3.63, 3.8) is 0 Å². The summed E-state index contributed by atoms with van der Waals surface area (Å²) in [5.41, 5.74) is 3.26. The molecule has 0 aliphatic carbocycles. The molecule has 29 heavy (non-hydrogen) atoms. The molecule has 2 aromatic carbocycles. The normalized spacial score (nSPS) is 20.4. The Morgan fingerprint density at radius 1 is 1.03 bits per heavy atom. The van der Waals surface area contributed by atoms with Gasteiger partial charge < -0.3 is 24.6 Å². The quantitative estimate of drug-likeness (QED) is 0.850. The van der Waals surface area contributed by atoms with Gasteiger partial charge in [0.05, 0.1) is 6.04 Å². The number of urea groups is 1. The molecular formula is C22H23N3O4. The Hall–Kier alpha value is -3.22. The fourth-order valence-corrected chi connectivity index (χ4v) is 4.19. The average Bonchev–Trinajstić information content (AvgIpc) is 3.12. The molecule has 0 radical (unpaired) electrons. The van der Waals surface area contributed by atoms with Gasteiger partial charge in [0, 0.05) is 37.8 Å². The fourth-order valence-electron chi connectivity index (χ4n) is 4.19. The van der Waals surface area contributed by atoms with Crippen molar-refractivity contribution in [3.8, 4) is 11.5 Å². The smallest absolute Gasteiger partial charge is 0.318 e. The molecule has 7 heteroatoms. The molecule has 2 aromatic rings. The Morgan fingerprint density at radius 3 is 2.69 bits per heavy atom. The molecule has 1 N–H and O–H groups in total. The molecule has 0 aromatic heterocycles. The lowest BCUT2D eigenvalue weighted by molar-refractivity contribution is -0.117. The van der Waals surface area contributed by atoms with Crippen LogP contribution in [0, 0.1) is 0 Å². The first-order valence-corrected chi connectivity index (χ1v) is 9.99. The molecular weight excluding hydrogens is 370 g/mol. The maximum absolute atomic E-state index is 12.8. The van der Waals surface area contributed by atoms with E-state index in [0.29, 0.717) is 50.8 Å². The SMILES string of the molecule is O=C(N[C@@H]1CC(=O)N(c2ccc3c(c2)OCCO3)C1)N1CCc2ccccc2C1. The second kappa shape index (κ2) is 7.31. The van der Waals surface area contributed by atoms with Crippen LogP contribution in [0.1, 0.15) is 17.5 Å². The predicted octanol–water partition coefficient (Wildman–Crippen LogP) is 2.33. The lowest BCUT2D eigenvalue weighted by atomic mass is 10.0. The number of anilines is 1. The molecule has 0 unspecified atom stereocenters. The second-order valence-electron chi connectivity index (χ2n) is 7.62. The highest BCUT2D eigenvalue weighted by molar-refractivity contribution is 5.97. The van der Waals surface area contributed by atoms with E-state index in [2.05, 4.69) is 17.4 Å². The largest absolute Gasteiger partial charge is 0.486 e. The highest BCUT2D eigenvalue weighted by Crippen LogP contribution is 2.35. The molecule has 0 spiro atoms. The second-order valence-corrected chi connectivity index (χ2v) is 7.62. The van der Waals surface area contributed by atoms with E-state index in [4.69, 9.17) is 9.47 Å². The van der Waals surface area contributed by atoms with Crippen molar-refractivity contribution in [2.24, 2.45) is 0 Å². The molecule has 3 aliphatic heterocycles. The van der Waals surface area contributed by atoms with Crippen LogP contribution in [0.4, 0.5) is 10.5 Å². The zero-order valence-corrected chi connectivity index (χ0v) is 16.1. The summed E-state index contributed by atoms with van der Waals surface area (Å²) in [5, 5.41) is 3.04. The molecule has 1 saturated heterocycles. The van der Waals surface area contributed by atoms with Crippen LogP contribution in [0.2, 0.25) is 0 Å². The Bertz CT molecular complexity index is 961. The van der Waals surface area contributed by atoms with Crippen LogP contribution in [0.15, 0.2) is 42.5 Å². The van der Waals surface area contributed by atoms with Gasteiger partial charge in [0.15, 0.2) is 11.5 Å². The summed E-state index contributed by atoms with van der Waals surface area (Å²) < 4.78 is 11.2. The van der Waals surface area contributed by atoms with Gasteiger partial charge in [-0.05, 0) is 29.7 Å². The van der Waals surface area contributed by atoms with Gasteiger partial charge in [-0.25, -0.2) is 4.79 Å². The minimum atomic E-state index is -0.208. The van der Waals surface area contributed by atoms with E-state index in [1.807, 2.05) is 35.2 Å². The molecule has 7 nitrogen and oxygen atoms in total. The van der Waals surface area contributed by atoms with Gasteiger partial charge in [-0.15, -0.1) is 0 Å². The average molecular weight is 393 g/mol. The summed E-state index contributed by atoms with van der Waals surface area (Å²) in [4.78, 5) is 28.8. The number of nitrogens with zero attached hydrogens (tertiary/aromatic N) is 2. The topological polar surface area (TPSA) is 71.1 Å². The third kappa shape index (κ3) is 3.48. The first kappa shape index (κ1) is 17.8. The van der Waals surface area contributed by atoms with Gasteiger partial charge in [0.2, 0.25) is 5.91 Å². The number of fused-ring (bicyclic) bond motifs is 2. The van der Waals surface area contributed by atoms with Gasteiger partial charge in [-0.1, -0.05) is 24.3 Å². The first-order chi connectivity index (χ1) is 14.2. The van der Waals surface area contributed by atoms with E-state index >= 15 is 0 Å². The standard InChI is InChI=1S/C22H23N3O4/c26-21-11-17(14-25(21)18-5-6-19-20(12-18)29-10-9-28-19)23-22(27)24-8-7-15-3-1-2-4-16(15)13-24/h1-6,12,17H,7-11,13-14H2,(H,23,27)/t17-/m1/s1. The van der Waals surface area contributed by atoms with E-state index < -0.39 is 0 Å². The Labute approximate surface area is 169 Å². The number of hydrogen-bond donors (Lipinski definition) is 1. The van der Waals surface area contributed by atoms with Gasteiger partial charge in [0.25, 0.3) is 0 Å². The van der Waals surface area contributed by atoms with E-state index in [1.165, 1.54) is 11.1 Å². The maximum Gasteiger partial charge on any atom is 0.318 e. The van der Waals surface area contributed by atoms with E-state index in [-0.39, 0.29) is 18.0 Å². The zero-order valence-electron chi connectivity index (χ0n) is 16.1. The van der Waals surface area contributed by atoms with Crippen molar-refractivity contribution >= 4 is 17.6 Å². The molecule has 150 valence electrons. The third-order valence-electron chi connectivity index (χ3n) is 5.71. The lowest BCUT2D eigenvalue weighted by Crippen LogP contribution is -2.47. The van der Waals surface area contributed by atoms with E-state index in [1.54, 1.807) is 4.90 Å². The van der Waals surface area contributed by atoms with Crippen LogP contribution in [0.3, 0.4) is 0 Å². The summed E-state index contributed by atoms with van der Waals surface area (Å²) in [5.74, 6) is 1.35. The molecule has 0 bridgehead atoms. The summed E-state index contributed by atoms with van der Waals surface area (Å²) >= 11 is 0. The van der Waals surface area contributed by atoms with Crippen molar-refractivity contribution in [3.05, 3.63) is 53.6 Å². The molecule has 1 fully saturated rings. The molecule has 5 rings (SSSR count). The lowest BCUT2D eigenvalue weighted by Gasteiger charge is -2.30. The van der Waals surface area contributed by atoms with Crippen LogP contribution < -0.4 is 19.7 Å². The van der Waals surface area contributed by atoms with Crippen LogP contribution in [0.5, 0.6) is 11.5 Å². The van der Waals surface area contributed by atoms with E-state index in [9.17, 15) is 9.59 Å². The van der Waals surface area contributed by atoms with Crippen molar-refractivity contribution in [2.45, 2.75) is 25.4 Å². The number of nitrogens with one attached hydrogen (secondary N) is 1. The van der Waals surface area contributed by atoms with Crippen molar-refractivity contribution in [2.75, 3.05) is 31.2 Å². The predicted molar refractivity (Wildman–Crippen MR) is 107 cm³/mol. The Kier molecular flexibility index (Phi) is 4.50. The fraction of sp³-hybridized carbons (Fsp3) is 0.364. The van der Waals surface area contributed by atoms with Crippen LogP contribution >= 0.6 is 0 Å². The van der Waals surface area contributed by atoms with Gasteiger partial charge in [-0.3, -0.25) is 4.79 Å². The minimum Gasteiger partial charge on any atom is -0.486 e. The molecule has 3 aliphatic rings. The molecule has 0 saturated carbocycles. The summed E-state index contributed by atoms with van der Waals surface area (Å²) in [6, 6.07) is 13.4. The van der Waals surface area contributed by atoms with E-state index in [0.717, 1.165) is 12.1 Å². The summed E-state index contributed by atoms with van der Waals surface area (Å²) in [7, 11) is 0. The van der Waals surface area contributed by atoms with Crippen molar-refractivity contribution in [1.29, 1.82) is 0 Å². The maximum atomic E-state index is 12.8. The third-order valence-corrected chi connectivity index (χ3v) is 5.71. The minimum absolute atomic E-state index is 0.00373.